The van der Waals surface area contributed by atoms with Crippen molar-refractivity contribution in [1.29, 1.82) is 0 Å². The minimum Gasteiger partial charge on any atom is -0.488 e. The third kappa shape index (κ3) is 8.87. The standard InChI is InChI=1S/C31H47NO10/c1-9-18(3)27(42-30-26(37)25(36)24(35)22(16-33)41-30)19(4)15-17(2)11-10-13-31(6,38)14-12-21-20(5)23(34)28(39-7)29(32-21)40-8/h9-12,14-15,19,22,24-27,30,33,35-38H,13,16H2,1-8H3,(H,32,34)/b11-10+,14-12+,17-15+,18-9+/t19?,22?,24?,25?,26?,27?,30?,31-/m1/s1. The predicted molar refractivity (Wildman–Crippen MR) is 159 cm³/mol. The number of hydrogen-bond acceptors (Lipinski definition) is 10. The zero-order valence-corrected chi connectivity index (χ0v) is 25.7. The van der Waals surface area contributed by atoms with Crippen LogP contribution in [0.3, 0.4) is 0 Å². The number of H-pyrrole nitrogens is 1. The van der Waals surface area contributed by atoms with Crippen molar-refractivity contribution in [1.82, 2.24) is 4.98 Å². The van der Waals surface area contributed by atoms with Crippen molar-refractivity contribution in [2.45, 2.75) is 90.4 Å². The fourth-order valence-corrected chi connectivity index (χ4v) is 4.67. The van der Waals surface area contributed by atoms with Gasteiger partial charge in [0.05, 0.1) is 32.5 Å². The molecule has 0 radical (unpaired) electrons. The molecule has 0 aliphatic carbocycles. The topological polar surface area (TPSA) is 171 Å². The number of nitrogens with one attached hydrogen (secondary N) is 1. The quantitative estimate of drug-likeness (QED) is 0.147. The second-order valence-corrected chi connectivity index (χ2v) is 10.9. The first kappa shape index (κ1) is 35.4. The molecule has 1 fully saturated rings. The van der Waals surface area contributed by atoms with Crippen molar-refractivity contribution in [2.24, 2.45) is 5.92 Å². The van der Waals surface area contributed by atoms with Crippen molar-refractivity contribution < 1.29 is 44.5 Å². The molecule has 236 valence electrons. The van der Waals surface area contributed by atoms with E-state index in [0.29, 0.717) is 11.3 Å². The van der Waals surface area contributed by atoms with Gasteiger partial charge < -0.3 is 49.5 Å². The Kier molecular flexibility index (Phi) is 13.2. The first-order chi connectivity index (χ1) is 19.7. The van der Waals surface area contributed by atoms with Crippen LogP contribution >= 0.6 is 0 Å². The lowest BCUT2D eigenvalue weighted by Crippen LogP contribution is -2.60. The molecule has 1 aromatic rings. The van der Waals surface area contributed by atoms with Crippen LogP contribution in [0.2, 0.25) is 0 Å². The number of aliphatic hydroxyl groups excluding tert-OH is 4. The zero-order valence-electron chi connectivity index (χ0n) is 25.7. The molecule has 0 saturated carbocycles. The Morgan fingerprint density at radius 2 is 1.81 bits per heavy atom. The van der Waals surface area contributed by atoms with E-state index in [1.165, 1.54) is 14.2 Å². The summed E-state index contributed by atoms with van der Waals surface area (Å²) in [6.07, 6.45) is 3.75. The molecule has 8 atom stereocenters. The van der Waals surface area contributed by atoms with Crippen LogP contribution in [0.25, 0.3) is 6.08 Å². The fourth-order valence-electron chi connectivity index (χ4n) is 4.67. The van der Waals surface area contributed by atoms with Crippen molar-refractivity contribution in [3.05, 3.63) is 63.0 Å². The molecule has 0 aromatic carbocycles. The van der Waals surface area contributed by atoms with Gasteiger partial charge in [0.2, 0.25) is 17.1 Å². The average Bonchev–Trinajstić information content (AvgIpc) is 2.95. The third-order valence-electron chi connectivity index (χ3n) is 7.37. The average molecular weight is 594 g/mol. The van der Waals surface area contributed by atoms with E-state index in [4.69, 9.17) is 18.9 Å². The highest BCUT2D eigenvalue weighted by Gasteiger charge is 2.45. The van der Waals surface area contributed by atoms with Crippen LogP contribution in [0.1, 0.15) is 52.3 Å². The Balaban J connectivity index is 2.14. The smallest absolute Gasteiger partial charge is 0.238 e. The van der Waals surface area contributed by atoms with Gasteiger partial charge in [-0.25, -0.2) is 0 Å². The summed E-state index contributed by atoms with van der Waals surface area (Å²) >= 11 is 0. The highest BCUT2D eigenvalue weighted by molar-refractivity contribution is 5.54. The monoisotopic (exact) mass is 593 g/mol. The number of methoxy groups -OCH3 is 2. The summed E-state index contributed by atoms with van der Waals surface area (Å²) < 4.78 is 22.0. The number of aromatic nitrogens is 1. The molecule has 11 nitrogen and oxygen atoms in total. The number of aliphatic hydroxyl groups is 5. The second-order valence-electron chi connectivity index (χ2n) is 10.9. The summed E-state index contributed by atoms with van der Waals surface area (Å²) in [7, 11) is 2.82. The van der Waals surface area contributed by atoms with E-state index < -0.39 is 49.0 Å². The molecule has 2 rings (SSSR count). The van der Waals surface area contributed by atoms with E-state index in [0.717, 1.165) is 11.1 Å². The number of allylic oxidation sites excluding steroid dienone is 3. The first-order valence-corrected chi connectivity index (χ1v) is 13.9. The van der Waals surface area contributed by atoms with E-state index >= 15 is 0 Å². The number of pyridine rings is 1. The second kappa shape index (κ2) is 15.6. The Morgan fingerprint density at radius 1 is 1.14 bits per heavy atom. The van der Waals surface area contributed by atoms with Gasteiger partial charge in [-0.1, -0.05) is 42.9 Å². The highest BCUT2D eigenvalue weighted by atomic mass is 16.7. The lowest BCUT2D eigenvalue weighted by molar-refractivity contribution is -0.310. The molecule has 0 bridgehead atoms. The maximum absolute atomic E-state index is 12.6. The van der Waals surface area contributed by atoms with E-state index in [2.05, 4.69) is 4.98 Å². The van der Waals surface area contributed by atoms with Crippen LogP contribution in [-0.4, -0.2) is 93.8 Å². The number of hydrogen-bond donors (Lipinski definition) is 6. The maximum atomic E-state index is 12.6. The lowest BCUT2D eigenvalue weighted by Gasteiger charge is -2.41. The number of rotatable bonds is 13. The lowest BCUT2D eigenvalue weighted by atomic mass is 9.94. The molecule has 1 aliphatic rings. The normalized spacial score (nSPS) is 26.8. The summed E-state index contributed by atoms with van der Waals surface area (Å²) in [5, 5.41) is 51.0. The first-order valence-electron chi connectivity index (χ1n) is 13.9. The molecule has 1 aromatic heterocycles. The van der Waals surface area contributed by atoms with Gasteiger partial charge in [0.1, 0.15) is 24.4 Å². The fraction of sp³-hybridized carbons (Fsp3) is 0.581. The van der Waals surface area contributed by atoms with Gasteiger partial charge in [0.15, 0.2) is 6.29 Å². The van der Waals surface area contributed by atoms with Crippen molar-refractivity contribution in [3.63, 3.8) is 0 Å². The molecule has 0 amide bonds. The van der Waals surface area contributed by atoms with Crippen LogP contribution in [0.5, 0.6) is 11.6 Å². The molecule has 1 saturated heterocycles. The summed E-state index contributed by atoms with van der Waals surface area (Å²) in [4.78, 5) is 15.6. The summed E-state index contributed by atoms with van der Waals surface area (Å²) in [6, 6.07) is 0. The van der Waals surface area contributed by atoms with Crippen LogP contribution < -0.4 is 14.9 Å². The molecule has 0 spiro atoms. The van der Waals surface area contributed by atoms with Gasteiger partial charge in [-0.2, -0.15) is 0 Å². The minimum atomic E-state index is -1.53. The summed E-state index contributed by atoms with van der Waals surface area (Å²) in [5.74, 6) is 0.0939. The van der Waals surface area contributed by atoms with E-state index in [1.807, 2.05) is 52.0 Å². The molecular weight excluding hydrogens is 546 g/mol. The largest absolute Gasteiger partial charge is 0.488 e. The van der Waals surface area contributed by atoms with Gasteiger partial charge in [-0.15, -0.1) is 0 Å². The number of ether oxygens (including phenoxy) is 4. The maximum Gasteiger partial charge on any atom is 0.238 e. The molecule has 42 heavy (non-hydrogen) atoms. The predicted octanol–water partition coefficient (Wildman–Crippen LogP) is 2.14. The minimum absolute atomic E-state index is 0.0868. The molecule has 7 unspecified atom stereocenters. The Bertz CT molecular complexity index is 1210. The van der Waals surface area contributed by atoms with Crippen molar-refractivity contribution in [2.75, 3.05) is 20.8 Å². The third-order valence-corrected chi connectivity index (χ3v) is 7.37. The molecule has 1 aliphatic heterocycles. The van der Waals surface area contributed by atoms with Crippen LogP contribution in [0.4, 0.5) is 0 Å². The Hall–Kier alpha value is -2.77. The molecular formula is C31H47NO10. The Morgan fingerprint density at radius 3 is 2.38 bits per heavy atom. The van der Waals surface area contributed by atoms with Gasteiger partial charge in [-0.05, 0) is 52.7 Å². The van der Waals surface area contributed by atoms with Crippen LogP contribution in [0, 0.1) is 12.8 Å². The van der Waals surface area contributed by atoms with E-state index in [1.54, 1.807) is 26.0 Å². The number of aromatic amines is 1. The van der Waals surface area contributed by atoms with Gasteiger partial charge in [0, 0.05) is 17.2 Å². The molecule has 2 heterocycles. The SMILES string of the molecule is C/C=C(\C)C(OC1OC(CO)C(O)C(O)C1O)C(C)/C=C(C)/C=C/C[C@@](C)(O)/C=C/c1[nH]c(OC)c(OC)c(=O)c1C. The van der Waals surface area contributed by atoms with Gasteiger partial charge >= 0.3 is 0 Å². The van der Waals surface area contributed by atoms with E-state index in [9.17, 15) is 30.3 Å². The van der Waals surface area contributed by atoms with Gasteiger partial charge in [-0.3, -0.25) is 4.79 Å². The highest BCUT2D eigenvalue weighted by Crippen LogP contribution is 2.28. The van der Waals surface area contributed by atoms with Crippen molar-refractivity contribution >= 4 is 6.08 Å². The van der Waals surface area contributed by atoms with Crippen LogP contribution in [-0.2, 0) is 9.47 Å². The zero-order chi connectivity index (χ0) is 31.8. The summed E-state index contributed by atoms with van der Waals surface area (Å²) in [6.45, 7) is 10.4. The van der Waals surface area contributed by atoms with Gasteiger partial charge in [0.25, 0.3) is 0 Å². The van der Waals surface area contributed by atoms with E-state index in [-0.39, 0.29) is 29.4 Å². The van der Waals surface area contributed by atoms with Crippen molar-refractivity contribution in [3.8, 4) is 11.6 Å². The Labute approximate surface area is 247 Å². The molecule has 11 heteroatoms. The molecule has 6 N–H and O–H groups in total. The van der Waals surface area contributed by atoms with Crippen LogP contribution in [0.15, 0.2) is 46.3 Å². The summed E-state index contributed by atoms with van der Waals surface area (Å²) in [5.41, 5.74) is 1.17.